The maximum atomic E-state index is 12.7. The van der Waals surface area contributed by atoms with Gasteiger partial charge in [0.25, 0.3) is 0 Å². The molecular formula is C25H26N4O2. The molecule has 31 heavy (non-hydrogen) atoms. The van der Waals surface area contributed by atoms with E-state index in [9.17, 15) is 4.79 Å². The minimum atomic E-state index is 0.158. The molecule has 1 fully saturated rings. The number of amides is 1. The van der Waals surface area contributed by atoms with Gasteiger partial charge in [0.1, 0.15) is 0 Å². The molecule has 4 aromatic rings. The van der Waals surface area contributed by atoms with Crippen LogP contribution >= 0.6 is 0 Å². The number of hydrogen-bond acceptors (Lipinski definition) is 4. The second-order valence-corrected chi connectivity index (χ2v) is 8.33. The van der Waals surface area contributed by atoms with Crippen molar-refractivity contribution in [1.29, 1.82) is 0 Å². The smallest absolute Gasteiger partial charge is 0.247 e. The second-order valence-electron chi connectivity index (χ2n) is 8.33. The number of hydrogen-bond donors (Lipinski definition) is 1. The van der Waals surface area contributed by atoms with Crippen molar-refractivity contribution in [3.63, 3.8) is 0 Å². The Balaban J connectivity index is 1.14. The molecule has 2 aromatic carbocycles. The number of fused-ring (bicyclic) bond motifs is 1. The van der Waals surface area contributed by atoms with Crippen LogP contribution < -0.4 is 0 Å². The summed E-state index contributed by atoms with van der Waals surface area (Å²) in [5.74, 6) is 1.65. The summed E-state index contributed by atoms with van der Waals surface area (Å²) >= 11 is 0. The fourth-order valence-corrected chi connectivity index (χ4v) is 4.30. The maximum absolute atomic E-state index is 12.7. The number of carbonyl (C=O) groups excluding carboxylic acids is 1. The number of rotatable bonds is 5. The van der Waals surface area contributed by atoms with Crippen molar-refractivity contribution in [2.75, 3.05) is 13.1 Å². The van der Waals surface area contributed by atoms with Crippen molar-refractivity contribution < 1.29 is 9.21 Å². The number of likely N-dealkylation sites (tertiary alicyclic amines) is 1. The Morgan fingerprint density at radius 3 is 2.65 bits per heavy atom. The number of aromatic amines is 1. The van der Waals surface area contributed by atoms with Gasteiger partial charge in [-0.2, -0.15) is 0 Å². The van der Waals surface area contributed by atoms with E-state index in [0.29, 0.717) is 30.5 Å². The zero-order chi connectivity index (χ0) is 21.2. The van der Waals surface area contributed by atoms with Gasteiger partial charge in [-0.15, -0.1) is 10.2 Å². The first-order chi connectivity index (χ1) is 15.2. The molecule has 0 saturated carbocycles. The lowest BCUT2D eigenvalue weighted by atomic mass is 9.93. The Morgan fingerprint density at radius 1 is 1.10 bits per heavy atom. The van der Waals surface area contributed by atoms with Crippen LogP contribution in [0.2, 0.25) is 0 Å². The number of H-pyrrole nitrogens is 1. The molecule has 2 aromatic heterocycles. The Morgan fingerprint density at radius 2 is 1.87 bits per heavy atom. The number of benzene rings is 2. The predicted molar refractivity (Wildman–Crippen MR) is 120 cm³/mol. The fourth-order valence-electron chi connectivity index (χ4n) is 4.30. The summed E-state index contributed by atoms with van der Waals surface area (Å²) in [5.41, 5.74) is 4.54. The summed E-state index contributed by atoms with van der Waals surface area (Å²) in [7, 11) is 0. The summed E-state index contributed by atoms with van der Waals surface area (Å²) in [4.78, 5) is 18.2. The molecule has 0 atom stereocenters. The number of aryl methyl sites for hydroxylation is 2. The van der Waals surface area contributed by atoms with Crippen molar-refractivity contribution in [1.82, 2.24) is 20.1 Å². The Hall–Kier alpha value is -3.41. The predicted octanol–water partition coefficient (Wildman–Crippen LogP) is 4.87. The van der Waals surface area contributed by atoms with Crippen LogP contribution in [-0.4, -0.2) is 39.1 Å². The molecule has 0 aliphatic carbocycles. The number of nitrogens with one attached hydrogen (secondary N) is 1. The number of aromatic nitrogens is 3. The summed E-state index contributed by atoms with van der Waals surface area (Å²) in [6, 6.07) is 18.6. The van der Waals surface area contributed by atoms with Crippen molar-refractivity contribution in [2.24, 2.45) is 0 Å². The fraction of sp³-hybridized carbons (Fsp3) is 0.320. The molecule has 158 valence electrons. The minimum Gasteiger partial charge on any atom is -0.421 e. The van der Waals surface area contributed by atoms with Gasteiger partial charge < -0.3 is 14.3 Å². The largest absolute Gasteiger partial charge is 0.421 e. The molecule has 3 heterocycles. The SMILES string of the molecule is Cc1ccc(-c2nnc(CCC(=O)N3CCC(c4cc5ccccc5[nH]4)CC3)o2)cc1. The van der Waals surface area contributed by atoms with Crippen LogP contribution in [0.4, 0.5) is 0 Å². The van der Waals surface area contributed by atoms with E-state index in [1.54, 1.807) is 0 Å². The van der Waals surface area contributed by atoms with Gasteiger partial charge in [0.15, 0.2) is 0 Å². The van der Waals surface area contributed by atoms with Crippen molar-refractivity contribution in [3.8, 4) is 11.5 Å². The van der Waals surface area contributed by atoms with E-state index in [1.165, 1.54) is 22.2 Å². The molecule has 1 amide bonds. The molecule has 1 N–H and O–H groups in total. The lowest BCUT2D eigenvalue weighted by Crippen LogP contribution is -2.38. The molecule has 0 spiro atoms. The molecule has 0 unspecified atom stereocenters. The molecule has 5 rings (SSSR count). The van der Waals surface area contributed by atoms with Gasteiger partial charge in [-0.3, -0.25) is 4.79 Å². The average molecular weight is 415 g/mol. The van der Waals surface area contributed by atoms with Crippen LogP contribution in [0.5, 0.6) is 0 Å². The number of piperidine rings is 1. The van der Waals surface area contributed by atoms with Crippen LogP contribution in [0.25, 0.3) is 22.4 Å². The van der Waals surface area contributed by atoms with Crippen LogP contribution in [-0.2, 0) is 11.2 Å². The van der Waals surface area contributed by atoms with Crippen molar-refractivity contribution in [2.45, 2.75) is 38.5 Å². The van der Waals surface area contributed by atoms with E-state index in [-0.39, 0.29) is 5.91 Å². The first kappa shape index (κ1) is 19.5. The number of carbonyl (C=O) groups is 1. The number of nitrogens with zero attached hydrogens (tertiary/aromatic N) is 3. The lowest BCUT2D eigenvalue weighted by Gasteiger charge is -2.31. The van der Waals surface area contributed by atoms with Crippen LogP contribution in [0, 0.1) is 6.92 Å². The quantitative estimate of drug-likeness (QED) is 0.506. The van der Waals surface area contributed by atoms with Gasteiger partial charge in [-0.1, -0.05) is 35.9 Å². The minimum absolute atomic E-state index is 0.158. The molecular weight excluding hydrogens is 388 g/mol. The number of para-hydroxylation sites is 1. The van der Waals surface area contributed by atoms with Gasteiger partial charge in [-0.05, 0) is 49.4 Å². The monoisotopic (exact) mass is 414 g/mol. The highest BCUT2D eigenvalue weighted by Gasteiger charge is 2.25. The highest BCUT2D eigenvalue weighted by atomic mass is 16.4. The molecule has 6 nitrogen and oxygen atoms in total. The van der Waals surface area contributed by atoms with E-state index in [2.05, 4.69) is 45.5 Å². The van der Waals surface area contributed by atoms with Gasteiger partial charge >= 0.3 is 0 Å². The highest BCUT2D eigenvalue weighted by molar-refractivity contribution is 5.80. The molecule has 0 radical (unpaired) electrons. The van der Waals surface area contributed by atoms with Crippen LogP contribution in [0.3, 0.4) is 0 Å². The van der Waals surface area contributed by atoms with E-state index in [1.807, 2.05) is 36.1 Å². The normalized spacial score (nSPS) is 14.9. The first-order valence-corrected chi connectivity index (χ1v) is 10.9. The standard InChI is InChI=1S/C25H26N4O2/c1-17-6-8-19(9-7-17)25-28-27-23(31-25)10-11-24(30)29-14-12-18(13-15-29)22-16-20-4-2-3-5-21(20)26-22/h2-9,16,18,26H,10-15H2,1H3. The topological polar surface area (TPSA) is 75.0 Å². The van der Waals surface area contributed by atoms with Gasteiger partial charge in [-0.25, -0.2) is 0 Å². The molecule has 1 aliphatic heterocycles. The third-order valence-electron chi connectivity index (χ3n) is 6.16. The van der Waals surface area contributed by atoms with Crippen molar-refractivity contribution in [3.05, 3.63) is 71.7 Å². The van der Waals surface area contributed by atoms with E-state index in [4.69, 9.17) is 4.42 Å². The third kappa shape index (κ3) is 4.24. The molecule has 0 bridgehead atoms. The Kier molecular flexibility index (Phi) is 5.28. The van der Waals surface area contributed by atoms with Gasteiger partial charge in [0.05, 0.1) is 0 Å². The summed E-state index contributed by atoms with van der Waals surface area (Å²) in [6.45, 7) is 3.62. The molecule has 1 aliphatic rings. The van der Waals surface area contributed by atoms with Crippen molar-refractivity contribution >= 4 is 16.8 Å². The molecule has 1 saturated heterocycles. The van der Waals surface area contributed by atoms with E-state index in [0.717, 1.165) is 31.5 Å². The van der Waals surface area contributed by atoms with Crippen LogP contribution in [0.15, 0.2) is 59.0 Å². The lowest BCUT2D eigenvalue weighted by molar-refractivity contribution is -0.132. The average Bonchev–Trinajstić information content (AvgIpc) is 3.45. The third-order valence-corrected chi connectivity index (χ3v) is 6.16. The summed E-state index contributed by atoms with van der Waals surface area (Å²) < 4.78 is 5.75. The Bertz CT molecular complexity index is 1150. The van der Waals surface area contributed by atoms with E-state index >= 15 is 0 Å². The highest BCUT2D eigenvalue weighted by Crippen LogP contribution is 2.30. The van der Waals surface area contributed by atoms with Gasteiger partial charge in [0.2, 0.25) is 17.7 Å². The molecule has 6 heteroatoms. The summed E-state index contributed by atoms with van der Waals surface area (Å²) in [5, 5.41) is 9.49. The first-order valence-electron chi connectivity index (χ1n) is 10.9. The Labute approximate surface area is 181 Å². The van der Waals surface area contributed by atoms with Gasteiger partial charge in [0, 0.05) is 48.6 Å². The summed E-state index contributed by atoms with van der Waals surface area (Å²) in [6.07, 6.45) is 2.83. The van der Waals surface area contributed by atoms with Crippen LogP contribution in [0.1, 0.15) is 42.3 Å². The zero-order valence-electron chi connectivity index (χ0n) is 17.7. The second kappa shape index (κ2) is 8.38. The zero-order valence-corrected chi connectivity index (χ0v) is 17.7. The maximum Gasteiger partial charge on any atom is 0.247 e. The van der Waals surface area contributed by atoms with E-state index < -0.39 is 0 Å².